The zero-order valence-electron chi connectivity index (χ0n) is 11.8. The quantitative estimate of drug-likeness (QED) is 0.778. The van der Waals surface area contributed by atoms with Crippen molar-refractivity contribution in [2.45, 2.75) is 6.42 Å². The molecule has 0 bridgehead atoms. The average molecular weight is 347 g/mol. The van der Waals surface area contributed by atoms with Crippen LogP contribution in [0, 0.1) is 0 Å². The Bertz CT molecular complexity index is 902. The molecule has 0 atom stereocenters. The fraction of sp³-hybridized carbons (Fsp3) is 0.143. The van der Waals surface area contributed by atoms with Crippen LogP contribution in [0.1, 0.15) is 12.2 Å². The highest BCUT2D eigenvalue weighted by Gasteiger charge is 2.22. The molecule has 116 valence electrons. The highest BCUT2D eigenvalue weighted by atomic mass is 35.5. The molecular weight excluding hydrogens is 336 g/mol. The van der Waals surface area contributed by atoms with E-state index in [9.17, 15) is 0 Å². The van der Waals surface area contributed by atoms with Crippen molar-refractivity contribution in [2.24, 2.45) is 0 Å². The van der Waals surface area contributed by atoms with E-state index in [1.54, 1.807) is 23.9 Å². The number of hydrogen-bond acceptors (Lipinski definition) is 7. The van der Waals surface area contributed by atoms with Crippen molar-refractivity contribution < 1.29 is 4.52 Å². The topological polar surface area (TPSA) is 95.7 Å². The van der Waals surface area contributed by atoms with E-state index in [0.717, 1.165) is 17.1 Å². The summed E-state index contributed by atoms with van der Waals surface area (Å²) in [7, 11) is 0. The lowest BCUT2D eigenvalue weighted by molar-refractivity contribution is 0.427. The Kier molecular flexibility index (Phi) is 3.55. The van der Waals surface area contributed by atoms with Crippen LogP contribution < -0.4 is 5.73 Å². The first-order valence-electron chi connectivity index (χ1n) is 6.87. The second-order valence-corrected chi connectivity index (χ2v) is 6.36. The molecule has 23 heavy (non-hydrogen) atoms. The summed E-state index contributed by atoms with van der Waals surface area (Å²) in [5.41, 5.74) is 7.11. The summed E-state index contributed by atoms with van der Waals surface area (Å²) >= 11 is 7.87. The summed E-state index contributed by atoms with van der Waals surface area (Å²) in [4.78, 5) is 5.37. The molecule has 0 saturated heterocycles. The molecule has 0 amide bonds. The molecule has 0 spiro atoms. The largest absolute Gasteiger partial charge is 0.382 e. The van der Waals surface area contributed by atoms with E-state index in [4.69, 9.17) is 21.9 Å². The van der Waals surface area contributed by atoms with Gasteiger partial charge in [0.1, 0.15) is 0 Å². The van der Waals surface area contributed by atoms with Gasteiger partial charge in [-0.1, -0.05) is 40.2 Å². The van der Waals surface area contributed by atoms with Gasteiger partial charge in [0.05, 0.1) is 15.6 Å². The van der Waals surface area contributed by atoms with Gasteiger partial charge in [0.2, 0.25) is 5.82 Å². The van der Waals surface area contributed by atoms with Gasteiger partial charge in [-0.25, -0.2) is 0 Å². The highest BCUT2D eigenvalue weighted by molar-refractivity contribution is 8.08. The van der Waals surface area contributed by atoms with E-state index >= 15 is 0 Å². The van der Waals surface area contributed by atoms with Crippen LogP contribution in [-0.4, -0.2) is 30.9 Å². The summed E-state index contributed by atoms with van der Waals surface area (Å²) in [6.45, 7) is 0. The number of halogens is 1. The number of thioether (sulfide) groups is 1. The SMILES string of the molecule is Nc1c(-c2nc(C3=CCCS3)no2)nnn1-c1ccccc1Cl. The van der Waals surface area contributed by atoms with Crippen molar-refractivity contribution in [3.8, 4) is 17.3 Å². The van der Waals surface area contributed by atoms with Gasteiger partial charge < -0.3 is 10.3 Å². The van der Waals surface area contributed by atoms with Gasteiger partial charge in [-0.2, -0.15) is 9.67 Å². The molecular formula is C14H11ClN6OS. The van der Waals surface area contributed by atoms with Crippen LogP contribution in [0.25, 0.3) is 22.2 Å². The Balaban J connectivity index is 1.73. The summed E-state index contributed by atoms with van der Waals surface area (Å²) in [5.74, 6) is 2.11. The number of benzene rings is 1. The third kappa shape index (κ3) is 2.49. The molecule has 1 aliphatic rings. The first-order valence-corrected chi connectivity index (χ1v) is 8.24. The zero-order valence-corrected chi connectivity index (χ0v) is 13.4. The van der Waals surface area contributed by atoms with E-state index in [-0.39, 0.29) is 5.89 Å². The monoisotopic (exact) mass is 346 g/mol. The van der Waals surface area contributed by atoms with E-state index in [1.165, 1.54) is 4.68 Å². The zero-order chi connectivity index (χ0) is 15.8. The van der Waals surface area contributed by atoms with Gasteiger partial charge in [-0.05, 0) is 18.6 Å². The van der Waals surface area contributed by atoms with Gasteiger partial charge in [0.25, 0.3) is 5.89 Å². The number of hydrogen-bond donors (Lipinski definition) is 1. The van der Waals surface area contributed by atoms with Gasteiger partial charge >= 0.3 is 0 Å². The predicted octanol–water partition coefficient (Wildman–Crippen LogP) is 3.03. The first kappa shape index (κ1) is 14.3. The Labute approximate surface area is 140 Å². The van der Waals surface area contributed by atoms with E-state index in [1.807, 2.05) is 12.1 Å². The Morgan fingerprint density at radius 1 is 1.30 bits per heavy atom. The van der Waals surface area contributed by atoms with Crippen LogP contribution in [0.3, 0.4) is 0 Å². The Hall–Kier alpha value is -2.32. The van der Waals surface area contributed by atoms with Crippen molar-refractivity contribution >= 4 is 34.1 Å². The van der Waals surface area contributed by atoms with Crippen LogP contribution in [0.4, 0.5) is 5.82 Å². The van der Waals surface area contributed by atoms with Crippen molar-refractivity contribution in [3.05, 3.63) is 41.2 Å². The summed E-state index contributed by atoms with van der Waals surface area (Å²) in [6.07, 6.45) is 3.10. The van der Waals surface area contributed by atoms with E-state index in [2.05, 4.69) is 26.5 Å². The number of nitrogen functional groups attached to an aromatic ring is 1. The van der Waals surface area contributed by atoms with Gasteiger partial charge in [-0.15, -0.1) is 16.9 Å². The fourth-order valence-corrected chi connectivity index (χ4v) is 3.36. The number of aromatic nitrogens is 5. The maximum Gasteiger partial charge on any atom is 0.282 e. The smallest absolute Gasteiger partial charge is 0.282 e. The minimum absolute atomic E-state index is 0.240. The second-order valence-electron chi connectivity index (χ2n) is 4.82. The molecule has 3 aromatic rings. The number of nitrogens with two attached hydrogens (primary N) is 1. The van der Waals surface area contributed by atoms with Gasteiger partial charge in [0.15, 0.2) is 11.5 Å². The van der Waals surface area contributed by atoms with E-state index < -0.39 is 0 Å². The number of rotatable bonds is 3. The molecule has 1 aliphatic heterocycles. The third-order valence-corrected chi connectivity index (χ3v) is 4.76. The van der Waals surface area contributed by atoms with Gasteiger partial charge in [-0.3, -0.25) is 0 Å². The van der Waals surface area contributed by atoms with Crippen LogP contribution in [-0.2, 0) is 0 Å². The minimum Gasteiger partial charge on any atom is -0.382 e. The van der Waals surface area contributed by atoms with Crippen molar-refractivity contribution in [2.75, 3.05) is 11.5 Å². The third-order valence-electron chi connectivity index (χ3n) is 3.34. The Morgan fingerprint density at radius 3 is 2.96 bits per heavy atom. The normalized spacial score (nSPS) is 14.2. The Morgan fingerprint density at radius 2 is 2.17 bits per heavy atom. The van der Waals surface area contributed by atoms with Crippen molar-refractivity contribution in [3.63, 3.8) is 0 Å². The molecule has 0 aliphatic carbocycles. The first-order chi connectivity index (χ1) is 11.2. The number of allylic oxidation sites excluding steroid dienone is 1. The van der Waals surface area contributed by atoms with Crippen LogP contribution >= 0.6 is 23.4 Å². The molecule has 7 nitrogen and oxygen atoms in total. The lowest BCUT2D eigenvalue weighted by Gasteiger charge is -2.04. The van der Waals surface area contributed by atoms with E-state index in [0.29, 0.717) is 28.0 Å². The summed E-state index contributed by atoms with van der Waals surface area (Å²) in [5, 5.41) is 12.6. The molecule has 2 aromatic heterocycles. The molecule has 9 heteroatoms. The van der Waals surface area contributed by atoms with Gasteiger partial charge in [0, 0.05) is 5.75 Å². The molecule has 4 rings (SSSR count). The minimum atomic E-state index is 0.240. The highest BCUT2D eigenvalue weighted by Crippen LogP contribution is 2.34. The molecule has 0 fully saturated rings. The van der Waals surface area contributed by atoms with Crippen molar-refractivity contribution in [1.29, 1.82) is 0 Å². The van der Waals surface area contributed by atoms with Crippen LogP contribution in [0.2, 0.25) is 5.02 Å². The maximum atomic E-state index is 6.17. The number of nitrogens with zero attached hydrogens (tertiary/aromatic N) is 5. The molecule has 0 unspecified atom stereocenters. The maximum absolute atomic E-state index is 6.17. The summed E-state index contributed by atoms with van der Waals surface area (Å²) < 4.78 is 6.73. The van der Waals surface area contributed by atoms with Crippen molar-refractivity contribution in [1.82, 2.24) is 25.1 Å². The van der Waals surface area contributed by atoms with Crippen LogP contribution in [0.15, 0.2) is 34.9 Å². The predicted molar refractivity (Wildman–Crippen MR) is 89.1 cm³/mol. The summed E-state index contributed by atoms with van der Waals surface area (Å²) in [6, 6.07) is 7.23. The van der Waals surface area contributed by atoms with Crippen LogP contribution in [0.5, 0.6) is 0 Å². The lowest BCUT2D eigenvalue weighted by Crippen LogP contribution is -2.02. The lowest BCUT2D eigenvalue weighted by atomic mass is 10.3. The molecule has 0 radical (unpaired) electrons. The average Bonchev–Trinajstić information content (AvgIpc) is 3.27. The standard InChI is InChI=1S/C14H11ClN6OS/c15-8-4-1-2-5-9(8)21-12(16)11(18-20-21)14-17-13(19-22-14)10-6-3-7-23-10/h1-2,4-6H,3,7,16H2. The molecule has 2 N–H and O–H groups in total. The molecule has 3 heterocycles. The molecule has 1 aromatic carbocycles. The molecule has 0 saturated carbocycles. The number of anilines is 1. The second kappa shape index (κ2) is 5.71. The fourth-order valence-electron chi connectivity index (χ4n) is 2.24. The number of para-hydroxylation sites is 1.